The number of benzene rings is 1. The highest BCUT2D eigenvalue weighted by Gasteiger charge is 2.51. The molecule has 24 heavy (non-hydrogen) atoms. The normalized spacial score (nSPS) is 18.7. The van der Waals surface area contributed by atoms with Crippen molar-refractivity contribution in [3.8, 4) is 0 Å². The summed E-state index contributed by atoms with van der Waals surface area (Å²) in [6.45, 7) is 10.0. The SMILES string of the molecule is Cc1cc(B2OC(C)(C)C(C)(C)O2)cc(N(O)c2ncccn2)c1. The zero-order chi connectivity index (χ0) is 17.5. The standard InChI is InChI=1S/C17H22BN3O3/c1-12-9-13(18-23-16(2,3)17(4,5)24-18)11-14(10-12)21(22)15-19-7-6-8-20-15/h6-11,22H,1-5H3. The van der Waals surface area contributed by atoms with Crippen LogP contribution >= 0.6 is 0 Å². The van der Waals surface area contributed by atoms with E-state index in [4.69, 9.17) is 9.31 Å². The van der Waals surface area contributed by atoms with Gasteiger partial charge in [-0.05, 0) is 63.8 Å². The molecule has 1 fully saturated rings. The van der Waals surface area contributed by atoms with Crippen LogP contribution in [0.25, 0.3) is 0 Å². The summed E-state index contributed by atoms with van der Waals surface area (Å²) in [6, 6.07) is 7.37. The number of nitrogens with zero attached hydrogens (tertiary/aromatic N) is 3. The molecule has 7 heteroatoms. The van der Waals surface area contributed by atoms with E-state index in [0.717, 1.165) is 16.1 Å². The predicted molar refractivity (Wildman–Crippen MR) is 92.9 cm³/mol. The van der Waals surface area contributed by atoms with E-state index < -0.39 is 18.3 Å². The van der Waals surface area contributed by atoms with Gasteiger partial charge in [-0.2, -0.15) is 5.06 Å². The largest absolute Gasteiger partial charge is 0.494 e. The monoisotopic (exact) mass is 327 g/mol. The van der Waals surface area contributed by atoms with E-state index in [1.807, 2.05) is 52.8 Å². The highest BCUT2D eigenvalue weighted by molar-refractivity contribution is 6.62. The lowest BCUT2D eigenvalue weighted by Crippen LogP contribution is -2.41. The summed E-state index contributed by atoms with van der Waals surface area (Å²) < 4.78 is 12.2. The molecule has 1 N–H and O–H groups in total. The van der Waals surface area contributed by atoms with Gasteiger partial charge in [0, 0.05) is 12.4 Å². The lowest BCUT2D eigenvalue weighted by molar-refractivity contribution is 0.00578. The van der Waals surface area contributed by atoms with Crippen LogP contribution in [-0.4, -0.2) is 33.5 Å². The van der Waals surface area contributed by atoms with Crippen molar-refractivity contribution < 1.29 is 14.5 Å². The van der Waals surface area contributed by atoms with E-state index in [-0.39, 0.29) is 5.95 Å². The first kappa shape index (κ1) is 16.9. The van der Waals surface area contributed by atoms with Crippen LogP contribution in [0.1, 0.15) is 33.3 Å². The Morgan fingerprint density at radius 1 is 1.00 bits per heavy atom. The summed E-state index contributed by atoms with van der Waals surface area (Å²) in [5.74, 6) is 0.211. The number of aryl methyl sites for hydroxylation is 1. The Morgan fingerprint density at radius 2 is 1.58 bits per heavy atom. The Balaban J connectivity index is 1.93. The molecule has 0 spiro atoms. The predicted octanol–water partition coefficient (Wildman–Crippen LogP) is 2.61. The first-order valence-corrected chi connectivity index (χ1v) is 7.93. The highest BCUT2D eigenvalue weighted by atomic mass is 16.7. The minimum atomic E-state index is -0.487. The van der Waals surface area contributed by atoms with Crippen LogP contribution in [0.4, 0.5) is 11.6 Å². The van der Waals surface area contributed by atoms with Gasteiger partial charge in [-0.15, -0.1) is 0 Å². The molecular formula is C17H22BN3O3. The Bertz CT molecular complexity index is 721. The van der Waals surface area contributed by atoms with E-state index in [9.17, 15) is 5.21 Å². The van der Waals surface area contributed by atoms with Gasteiger partial charge in [-0.3, -0.25) is 5.21 Å². The molecule has 0 unspecified atom stereocenters. The smallest absolute Gasteiger partial charge is 0.399 e. The average molecular weight is 327 g/mol. The van der Waals surface area contributed by atoms with Crippen LogP contribution in [0.15, 0.2) is 36.7 Å². The van der Waals surface area contributed by atoms with Gasteiger partial charge in [0.25, 0.3) is 5.95 Å². The first-order chi connectivity index (χ1) is 11.2. The Labute approximate surface area is 142 Å². The molecule has 0 atom stereocenters. The molecule has 1 aromatic carbocycles. The second-order valence-corrected chi connectivity index (χ2v) is 7.05. The molecule has 1 aliphatic heterocycles. The number of aromatic nitrogens is 2. The van der Waals surface area contributed by atoms with Crippen molar-refractivity contribution in [1.82, 2.24) is 9.97 Å². The lowest BCUT2D eigenvalue weighted by atomic mass is 9.78. The molecule has 1 aliphatic rings. The summed E-state index contributed by atoms with van der Waals surface area (Å²) in [5, 5.41) is 11.4. The average Bonchev–Trinajstić information content (AvgIpc) is 2.75. The molecule has 1 aromatic heterocycles. The first-order valence-electron chi connectivity index (χ1n) is 7.93. The topological polar surface area (TPSA) is 67.7 Å². The second kappa shape index (κ2) is 5.84. The van der Waals surface area contributed by atoms with E-state index in [0.29, 0.717) is 5.69 Å². The van der Waals surface area contributed by atoms with Crippen LogP contribution in [-0.2, 0) is 9.31 Å². The summed E-state index contributed by atoms with van der Waals surface area (Å²) >= 11 is 0. The molecular weight excluding hydrogens is 305 g/mol. The van der Waals surface area contributed by atoms with Gasteiger partial charge in [-0.1, -0.05) is 6.07 Å². The van der Waals surface area contributed by atoms with Crippen molar-refractivity contribution in [3.05, 3.63) is 42.2 Å². The zero-order valence-electron chi connectivity index (χ0n) is 14.6. The number of hydrogen-bond donors (Lipinski definition) is 1. The second-order valence-electron chi connectivity index (χ2n) is 7.05. The fraction of sp³-hybridized carbons (Fsp3) is 0.412. The van der Waals surface area contributed by atoms with Gasteiger partial charge >= 0.3 is 7.12 Å². The molecule has 6 nitrogen and oxygen atoms in total. The van der Waals surface area contributed by atoms with Crippen molar-refractivity contribution >= 4 is 24.2 Å². The van der Waals surface area contributed by atoms with Crippen LogP contribution in [0.5, 0.6) is 0 Å². The van der Waals surface area contributed by atoms with E-state index in [1.54, 1.807) is 18.5 Å². The minimum absolute atomic E-state index is 0.211. The summed E-state index contributed by atoms with van der Waals surface area (Å²) in [4.78, 5) is 8.12. The van der Waals surface area contributed by atoms with Crippen LogP contribution < -0.4 is 10.5 Å². The molecule has 1 saturated heterocycles. The van der Waals surface area contributed by atoms with Crippen molar-refractivity contribution in [2.24, 2.45) is 0 Å². The maximum absolute atomic E-state index is 10.4. The minimum Gasteiger partial charge on any atom is -0.399 e. The van der Waals surface area contributed by atoms with Crippen LogP contribution in [0, 0.1) is 6.92 Å². The van der Waals surface area contributed by atoms with Gasteiger partial charge in [-0.25, -0.2) is 9.97 Å². The van der Waals surface area contributed by atoms with Gasteiger partial charge in [0.2, 0.25) is 0 Å². The molecule has 2 heterocycles. The Morgan fingerprint density at radius 3 is 2.17 bits per heavy atom. The molecule has 0 saturated carbocycles. The third-order valence-corrected chi connectivity index (χ3v) is 4.60. The summed E-state index contributed by atoms with van der Waals surface area (Å²) in [7, 11) is -0.487. The summed E-state index contributed by atoms with van der Waals surface area (Å²) in [5.41, 5.74) is 1.56. The lowest BCUT2D eigenvalue weighted by Gasteiger charge is -2.32. The van der Waals surface area contributed by atoms with Crippen molar-refractivity contribution in [3.63, 3.8) is 0 Å². The van der Waals surface area contributed by atoms with Crippen LogP contribution in [0.2, 0.25) is 0 Å². The summed E-state index contributed by atoms with van der Waals surface area (Å²) in [6.07, 6.45) is 3.16. The Kier molecular flexibility index (Phi) is 4.11. The molecule has 3 rings (SSSR count). The third-order valence-electron chi connectivity index (χ3n) is 4.60. The van der Waals surface area contributed by atoms with Gasteiger partial charge in [0.05, 0.1) is 16.9 Å². The van der Waals surface area contributed by atoms with E-state index in [1.165, 1.54) is 0 Å². The fourth-order valence-electron chi connectivity index (χ4n) is 2.55. The Hall–Kier alpha value is -1.96. The zero-order valence-corrected chi connectivity index (χ0v) is 14.6. The maximum atomic E-state index is 10.4. The quantitative estimate of drug-likeness (QED) is 0.690. The third kappa shape index (κ3) is 3.02. The van der Waals surface area contributed by atoms with Crippen molar-refractivity contribution in [2.45, 2.75) is 45.8 Å². The number of rotatable bonds is 3. The fourth-order valence-corrected chi connectivity index (χ4v) is 2.55. The molecule has 0 bridgehead atoms. The van der Waals surface area contributed by atoms with Crippen molar-refractivity contribution in [1.29, 1.82) is 0 Å². The van der Waals surface area contributed by atoms with Gasteiger partial charge in [0.15, 0.2) is 0 Å². The van der Waals surface area contributed by atoms with E-state index >= 15 is 0 Å². The van der Waals surface area contributed by atoms with Gasteiger partial charge < -0.3 is 9.31 Å². The molecule has 0 radical (unpaired) electrons. The number of anilines is 2. The molecule has 2 aromatic rings. The molecule has 126 valence electrons. The number of hydrogen-bond acceptors (Lipinski definition) is 6. The van der Waals surface area contributed by atoms with Gasteiger partial charge in [0.1, 0.15) is 0 Å². The van der Waals surface area contributed by atoms with E-state index in [2.05, 4.69) is 9.97 Å². The molecule has 0 aliphatic carbocycles. The molecule has 0 amide bonds. The maximum Gasteiger partial charge on any atom is 0.494 e. The highest BCUT2D eigenvalue weighted by Crippen LogP contribution is 2.36. The van der Waals surface area contributed by atoms with Crippen molar-refractivity contribution in [2.75, 3.05) is 5.06 Å². The van der Waals surface area contributed by atoms with Crippen LogP contribution in [0.3, 0.4) is 0 Å².